The Bertz CT molecular complexity index is 899. The molecular formula is C20H20N4O2. The molecule has 1 heterocycles. The van der Waals surface area contributed by atoms with Gasteiger partial charge in [0.15, 0.2) is 0 Å². The second-order valence-electron chi connectivity index (χ2n) is 6.11. The van der Waals surface area contributed by atoms with Crippen LogP contribution in [0.15, 0.2) is 66.9 Å². The van der Waals surface area contributed by atoms with Gasteiger partial charge < -0.3 is 10.6 Å². The van der Waals surface area contributed by atoms with E-state index in [4.69, 9.17) is 0 Å². The van der Waals surface area contributed by atoms with E-state index >= 15 is 0 Å². The summed E-state index contributed by atoms with van der Waals surface area (Å²) >= 11 is 0. The molecule has 0 unspecified atom stereocenters. The average Bonchev–Trinajstić information content (AvgIpc) is 3.11. The first-order valence-electron chi connectivity index (χ1n) is 8.36. The van der Waals surface area contributed by atoms with Gasteiger partial charge in [0.1, 0.15) is 5.82 Å². The highest BCUT2D eigenvalue weighted by Crippen LogP contribution is 2.16. The van der Waals surface area contributed by atoms with Crippen molar-refractivity contribution in [3.63, 3.8) is 0 Å². The van der Waals surface area contributed by atoms with Crippen LogP contribution in [0, 0.1) is 0 Å². The first-order chi connectivity index (χ1) is 12.5. The minimum absolute atomic E-state index is 0.149. The van der Waals surface area contributed by atoms with Crippen molar-refractivity contribution in [2.24, 2.45) is 0 Å². The zero-order valence-corrected chi connectivity index (χ0v) is 14.6. The van der Waals surface area contributed by atoms with E-state index in [0.717, 1.165) is 0 Å². The lowest BCUT2D eigenvalue weighted by Gasteiger charge is -2.12. The third kappa shape index (κ3) is 3.97. The quantitative estimate of drug-likeness (QED) is 0.732. The Balaban J connectivity index is 1.66. The first-order valence-corrected chi connectivity index (χ1v) is 8.36. The van der Waals surface area contributed by atoms with Crippen LogP contribution in [0.1, 0.15) is 40.6 Å². The lowest BCUT2D eigenvalue weighted by Crippen LogP contribution is -2.17. The lowest BCUT2D eigenvalue weighted by molar-refractivity contribution is 0.101. The molecule has 2 amide bonds. The van der Waals surface area contributed by atoms with Crippen LogP contribution in [0.5, 0.6) is 0 Å². The number of carbonyl (C=O) groups is 2. The van der Waals surface area contributed by atoms with E-state index < -0.39 is 0 Å². The van der Waals surface area contributed by atoms with Gasteiger partial charge in [0.2, 0.25) is 0 Å². The number of hydrogen-bond donors (Lipinski definition) is 2. The molecule has 6 nitrogen and oxygen atoms in total. The van der Waals surface area contributed by atoms with Crippen LogP contribution in [-0.2, 0) is 0 Å². The maximum absolute atomic E-state index is 12.4. The van der Waals surface area contributed by atoms with E-state index in [1.165, 1.54) is 0 Å². The van der Waals surface area contributed by atoms with Gasteiger partial charge in [-0.25, -0.2) is 4.68 Å². The zero-order chi connectivity index (χ0) is 18.5. The molecule has 0 aliphatic rings. The standard InChI is InChI=1S/C20H20N4O2/c1-14(2)24-18(12-13-21-24)23-20(26)16-8-10-17(11-9-16)22-19(25)15-6-4-3-5-7-15/h3-14H,1-2H3,(H,22,25)(H,23,26). The Kier molecular flexibility index (Phi) is 5.12. The predicted molar refractivity (Wildman–Crippen MR) is 101 cm³/mol. The van der Waals surface area contributed by atoms with Crippen LogP contribution in [0.25, 0.3) is 0 Å². The Morgan fingerprint density at radius 3 is 2.12 bits per heavy atom. The Morgan fingerprint density at radius 2 is 1.46 bits per heavy atom. The Labute approximate surface area is 151 Å². The largest absolute Gasteiger partial charge is 0.322 e. The number of hydrogen-bond acceptors (Lipinski definition) is 3. The number of benzene rings is 2. The lowest BCUT2D eigenvalue weighted by atomic mass is 10.1. The third-order valence-corrected chi connectivity index (χ3v) is 3.84. The van der Waals surface area contributed by atoms with Gasteiger partial charge in [-0.3, -0.25) is 9.59 Å². The number of amides is 2. The fourth-order valence-corrected chi connectivity index (χ4v) is 2.51. The van der Waals surface area contributed by atoms with Gasteiger partial charge in [-0.2, -0.15) is 5.10 Å². The molecule has 0 fully saturated rings. The van der Waals surface area contributed by atoms with Crippen molar-refractivity contribution in [2.75, 3.05) is 10.6 Å². The molecule has 0 aliphatic carbocycles. The minimum Gasteiger partial charge on any atom is -0.322 e. The summed E-state index contributed by atoms with van der Waals surface area (Å²) in [5.74, 6) is 0.225. The summed E-state index contributed by atoms with van der Waals surface area (Å²) in [5, 5.41) is 9.85. The molecule has 3 aromatic rings. The summed E-state index contributed by atoms with van der Waals surface area (Å²) in [6.07, 6.45) is 1.65. The van der Waals surface area contributed by atoms with Gasteiger partial charge in [-0.15, -0.1) is 0 Å². The molecule has 2 N–H and O–H groups in total. The number of anilines is 2. The Morgan fingerprint density at radius 1 is 0.846 bits per heavy atom. The first kappa shape index (κ1) is 17.4. The number of carbonyl (C=O) groups excluding carboxylic acids is 2. The van der Waals surface area contributed by atoms with Crippen LogP contribution >= 0.6 is 0 Å². The van der Waals surface area contributed by atoms with Gasteiger partial charge in [-0.05, 0) is 50.2 Å². The molecule has 0 aliphatic heterocycles. The van der Waals surface area contributed by atoms with E-state index in [0.29, 0.717) is 22.6 Å². The smallest absolute Gasteiger partial charge is 0.256 e. The van der Waals surface area contributed by atoms with E-state index in [2.05, 4.69) is 15.7 Å². The maximum atomic E-state index is 12.4. The number of rotatable bonds is 5. The molecule has 6 heteroatoms. The molecule has 3 rings (SSSR count). The third-order valence-electron chi connectivity index (χ3n) is 3.84. The fourth-order valence-electron chi connectivity index (χ4n) is 2.51. The van der Waals surface area contributed by atoms with Crippen molar-refractivity contribution in [3.8, 4) is 0 Å². The van der Waals surface area contributed by atoms with E-state index in [1.54, 1.807) is 53.3 Å². The average molecular weight is 348 g/mol. The molecular weight excluding hydrogens is 328 g/mol. The van der Waals surface area contributed by atoms with Crippen LogP contribution < -0.4 is 10.6 Å². The van der Waals surface area contributed by atoms with Crippen molar-refractivity contribution in [3.05, 3.63) is 78.0 Å². The summed E-state index contributed by atoms with van der Waals surface area (Å²) < 4.78 is 1.74. The van der Waals surface area contributed by atoms with Gasteiger partial charge in [-0.1, -0.05) is 18.2 Å². The van der Waals surface area contributed by atoms with Crippen LogP contribution in [0.4, 0.5) is 11.5 Å². The maximum Gasteiger partial charge on any atom is 0.256 e. The number of nitrogens with zero attached hydrogens (tertiary/aromatic N) is 2. The van der Waals surface area contributed by atoms with Gasteiger partial charge in [0, 0.05) is 28.9 Å². The summed E-state index contributed by atoms with van der Waals surface area (Å²) in [6, 6.07) is 17.6. The molecule has 1 aromatic heterocycles. The van der Waals surface area contributed by atoms with Crippen molar-refractivity contribution in [2.45, 2.75) is 19.9 Å². The molecule has 0 atom stereocenters. The SMILES string of the molecule is CC(C)n1nccc1NC(=O)c1ccc(NC(=O)c2ccccc2)cc1. The topological polar surface area (TPSA) is 76.0 Å². The highest BCUT2D eigenvalue weighted by atomic mass is 16.2. The second-order valence-corrected chi connectivity index (χ2v) is 6.11. The molecule has 2 aromatic carbocycles. The van der Waals surface area contributed by atoms with Crippen molar-refractivity contribution in [1.82, 2.24) is 9.78 Å². The second kappa shape index (κ2) is 7.65. The summed E-state index contributed by atoms with van der Waals surface area (Å²) in [4.78, 5) is 24.5. The summed E-state index contributed by atoms with van der Waals surface area (Å²) in [6.45, 7) is 3.99. The van der Waals surface area contributed by atoms with Gasteiger partial charge in [0.25, 0.3) is 11.8 Å². The van der Waals surface area contributed by atoms with E-state index in [9.17, 15) is 9.59 Å². The van der Waals surface area contributed by atoms with Crippen LogP contribution in [0.3, 0.4) is 0 Å². The van der Waals surface area contributed by atoms with E-state index in [1.807, 2.05) is 32.0 Å². The number of aromatic nitrogens is 2. The van der Waals surface area contributed by atoms with Crippen molar-refractivity contribution < 1.29 is 9.59 Å². The monoisotopic (exact) mass is 348 g/mol. The molecule has 0 radical (unpaired) electrons. The molecule has 0 saturated carbocycles. The fraction of sp³-hybridized carbons (Fsp3) is 0.150. The number of nitrogens with one attached hydrogen (secondary N) is 2. The van der Waals surface area contributed by atoms with Crippen LogP contribution in [0.2, 0.25) is 0 Å². The Hall–Kier alpha value is -3.41. The highest BCUT2D eigenvalue weighted by molar-refractivity contribution is 6.06. The normalized spacial score (nSPS) is 10.6. The molecule has 132 valence electrons. The van der Waals surface area contributed by atoms with Crippen molar-refractivity contribution >= 4 is 23.3 Å². The molecule has 0 saturated heterocycles. The van der Waals surface area contributed by atoms with E-state index in [-0.39, 0.29) is 17.9 Å². The van der Waals surface area contributed by atoms with Gasteiger partial charge in [0.05, 0.1) is 6.20 Å². The predicted octanol–water partition coefficient (Wildman–Crippen LogP) is 3.97. The zero-order valence-electron chi connectivity index (χ0n) is 14.6. The molecule has 26 heavy (non-hydrogen) atoms. The summed E-state index contributed by atoms with van der Waals surface area (Å²) in [7, 11) is 0. The summed E-state index contributed by atoms with van der Waals surface area (Å²) in [5.41, 5.74) is 1.71. The molecule has 0 bridgehead atoms. The van der Waals surface area contributed by atoms with Crippen LogP contribution in [-0.4, -0.2) is 21.6 Å². The molecule has 0 spiro atoms. The highest BCUT2D eigenvalue weighted by Gasteiger charge is 2.12. The van der Waals surface area contributed by atoms with Gasteiger partial charge >= 0.3 is 0 Å². The minimum atomic E-state index is -0.228. The van der Waals surface area contributed by atoms with Crippen molar-refractivity contribution in [1.29, 1.82) is 0 Å².